The lowest BCUT2D eigenvalue weighted by Gasteiger charge is -2.40. The van der Waals surface area contributed by atoms with Crippen LogP contribution in [0.3, 0.4) is 0 Å². The Morgan fingerprint density at radius 2 is 1.75 bits per heavy atom. The molecule has 1 aliphatic heterocycles. The number of carbonyl (C=O) groups is 1. The number of benzene rings is 3. The summed E-state index contributed by atoms with van der Waals surface area (Å²) in [5.74, 6) is 0.453. The summed E-state index contributed by atoms with van der Waals surface area (Å²) in [6.45, 7) is 11.2. The van der Waals surface area contributed by atoms with Crippen molar-refractivity contribution in [3.05, 3.63) is 95.1 Å². The fourth-order valence-corrected chi connectivity index (χ4v) is 5.14. The van der Waals surface area contributed by atoms with Gasteiger partial charge in [-0.25, -0.2) is 4.79 Å². The highest BCUT2D eigenvalue weighted by Gasteiger charge is 2.32. The van der Waals surface area contributed by atoms with Crippen molar-refractivity contribution in [2.45, 2.75) is 52.1 Å². The largest absolute Gasteiger partial charge is 0.492 e. The first kappa shape index (κ1) is 29.2. The Morgan fingerprint density at radius 3 is 2.42 bits per heavy atom. The first-order chi connectivity index (χ1) is 19.4. The number of fused-ring (bicyclic) bond motifs is 1. The zero-order chi connectivity index (χ0) is 28.5. The fraction of sp³-hybridized carbons (Fsp3) is 0.394. The lowest BCUT2D eigenvalue weighted by atomic mass is 9.76. The summed E-state index contributed by atoms with van der Waals surface area (Å²) >= 11 is 0. The van der Waals surface area contributed by atoms with Crippen LogP contribution < -0.4 is 9.64 Å². The van der Waals surface area contributed by atoms with Gasteiger partial charge in [-0.15, -0.1) is 0 Å². The number of carbonyl (C=O) groups excluding carboxylic acids is 1. The van der Waals surface area contributed by atoms with Gasteiger partial charge in [-0.3, -0.25) is 0 Å². The molecule has 0 bridgehead atoms. The van der Waals surface area contributed by atoms with E-state index in [-0.39, 0.29) is 11.4 Å². The third-order valence-electron chi connectivity index (χ3n) is 7.39. The molecule has 0 saturated carbocycles. The molecule has 0 aliphatic carbocycles. The van der Waals surface area contributed by atoms with Gasteiger partial charge in [0.05, 0.1) is 13.2 Å². The molecule has 4 rings (SSSR count). The van der Waals surface area contributed by atoms with Gasteiger partial charge >= 0.3 is 5.97 Å². The molecule has 212 valence electrons. The van der Waals surface area contributed by atoms with Crippen molar-refractivity contribution in [3.8, 4) is 5.75 Å². The minimum atomic E-state index is -0.604. The van der Waals surface area contributed by atoms with E-state index in [4.69, 9.17) is 14.2 Å². The summed E-state index contributed by atoms with van der Waals surface area (Å²) in [5, 5.41) is 13.4. The molecule has 7 heteroatoms. The summed E-state index contributed by atoms with van der Waals surface area (Å²) < 4.78 is 16.8. The molecule has 1 unspecified atom stereocenters. The molecule has 0 spiro atoms. The minimum Gasteiger partial charge on any atom is -0.492 e. The maximum absolute atomic E-state index is 12.2. The van der Waals surface area contributed by atoms with Crippen LogP contribution in [-0.2, 0) is 26.1 Å². The predicted octanol–water partition coefficient (Wildman–Crippen LogP) is 5.99. The first-order valence-corrected chi connectivity index (χ1v) is 14.0. The van der Waals surface area contributed by atoms with Gasteiger partial charge < -0.3 is 24.3 Å². The molecule has 0 fully saturated rings. The molecule has 3 aromatic rings. The van der Waals surface area contributed by atoms with Crippen LogP contribution in [0.2, 0.25) is 0 Å². The molecular weight excluding hydrogens is 504 g/mol. The maximum Gasteiger partial charge on any atom is 0.335 e. The number of anilines is 1. The molecule has 0 aromatic heterocycles. The van der Waals surface area contributed by atoms with E-state index in [0.29, 0.717) is 32.0 Å². The fourth-order valence-electron chi connectivity index (χ4n) is 5.14. The highest BCUT2D eigenvalue weighted by molar-refractivity contribution is 6.12. The van der Waals surface area contributed by atoms with E-state index in [1.807, 2.05) is 67.6 Å². The number of nitrogens with zero attached hydrogens (tertiary/aromatic N) is 2. The van der Waals surface area contributed by atoms with Crippen LogP contribution in [0, 0.1) is 0 Å². The molecule has 7 nitrogen and oxygen atoms in total. The molecule has 1 N–H and O–H groups in total. The van der Waals surface area contributed by atoms with E-state index < -0.39 is 6.10 Å². The number of oxime groups is 1. The van der Waals surface area contributed by atoms with Crippen LogP contribution in [0.4, 0.5) is 5.69 Å². The van der Waals surface area contributed by atoms with Crippen molar-refractivity contribution in [3.63, 3.8) is 0 Å². The van der Waals surface area contributed by atoms with Crippen LogP contribution >= 0.6 is 0 Å². The lowest BCUT2D eigenvalue weighted by molar-refractivity contribution is -0.156. The van der Waals surface area contributed by atoms with E-state index in [1.54, 1.807) is 6.92 Å². The maximum atomic E-state index is 12.2. The van der Waals surface area contributed by atoms with Crippen molar-refractivity contribution in [1.82, 2.24) is 0 Å². The summed E-state index contributed by atoms with van der Waals surface area (Å²) in [6, 6.07) is 23.9. The zero-order valence-corrected chi connectivity index (χ0v) is 23.9. The van der Waals surface area contributed by atoms with Crippen LogP contribution in [0.1, 0.15) is 56.4 Å². The third kappa shape index (κ3) is 7.02. The van der Waals surface area contributed by atoms with E-state index in [1.165, 1.54) is 11.3 Å². The quantitative estimate of drug-likeness (QED) is 0.131. The molecule has 0 radical (unpaired) electrons. The molecule has 1 atom stereocenters. The van der Waals surface area contributed by atoms with Crippen molar-refractivity contribution in [1.29, 1.82) is 0 Å². The second-order valence-corrected chi connectivity index (χ2v) is 10.6. The van der Waals surface area contributed by atoms with Crippen LogP contribution in [0.5, 0.6) is 5.75 Å². The second kappa shape index (κ2) is 13.5. The first-order valence-electron chi connectivity index (χ1n) is 14.0. The van der Waals surface area contributed by atoms with E-state index >= 15 is 0 Å². The van der Waals surface area contributed by atoms with E-state index in [9.17, 15) is 10.0 Å². The summed E-state index contributed by atoms with van der Waals surface area (Å²) in [6.07, 6.45) is 0.867. The zero-order valence-electron chi connectivity index (χ0n) is 23.9. The van der Waals surface area contributed by atoms with Crippen LogP contribution in [0.25, 0.3) is 0 Å². The Kier molecular flexibility index (Phi) is 9.83. The smallest absolute Gasteiger partial charge is 0.335 e. The number of ether oxygens (including phenoxy) is 3. The van der Waals surface area contributed by atoms with Gasteiger partial charge in [0.25, 0.3) is 0 Å². The van der Waals surface area contributed by atoms with Gasteiger partial charge in [0.1, 0.15) is 18.1 Å². The summed E-state index contributed by atoms with van der Waals surface area (Å²) in [4.78, 5) is 14.5. The van der Waals surface area contributed by atoms with Crippen molar-refractivity contribution < 1.29 is 24.2 Å². The van der Waals surface area contributed by atoms with E-state index in [0.717, 1.165) is 42.0 Å². The number of hydrogen-bond acceptors (Lipinski definition) is 7. The highest BCUT2D eigenvalue weighted by Crippen LogP contribution is 2.40. The van der Waals surface area contributed by atoms with Crippen molar-refractivity contribution >= 4 is 17.4 Å². The lowest BCUT2D eigenvalue weighted by Crippen LogP contribution is -2.39. The Labute approximate surface area is 237 Å². The standard InChI is InChI=1S/C33H40N2O5/c1-5-38-30(32(36)39-6-2)22-24-12-15-27(16-13-24)40-21-20-35-19-18-33(3,4)28-23-26(14-17-29(28)35)31(34-37)25-10-8-7-9-11-25/h7-17,23,30,37H,5-6,18-22H2,1-4H3/b34-31-. The van der Waals surface area contributed by atoms with Gasteiger partial charge in [-0.1, -0.05) is 67.5 Å². The van der Waals surface area contributed by atoms with Crippen LogP contribution in [0.15, 0.2) is 78.0 Å². The normalized spacial score (nSPS) is 15.3. The second-order valence-electron chi connectivity index (χ2n) is 10.6. The topological polar surface area (TPSA) is 80.6 Å². The van der Waals surface area contributed by atoms with Gasteiger partial charge in [-0.2, -0.15) is 0 Å². The average molecular weight is 545 g/mol. The molecule has 3 aromatic carbocycles. The Bertz CT molecular complexity index is 1290. The van der Waals surface area contributed by atoms with E-state index in [2.05, 4.69) is 36.0 Å². The average Bonchev–Trinajstić information content (AvgIpc) is 2.96. The summed E-state index contributed by atoms with van der Waals surface area (Å²) in [5.41, 5.74) is 5.76. The Balaban J connectivity index is 1.40. The van der Waals surface area contributed by atoms with Crippen LogP contribution in [-0.4, -0.2) is 55.9 Å². The molecular formula is C33H40N2O5. The molecule has 1 heterocycles. The molecule has 40 heavy (non-hydrogen) atoms. The van der Waals surface area contributed by atoms with Gasteiger partial charge in [0.2, 0.25) is 0 Å². The third-order valence-corrected chi connectivity index (χ3v) is 7.39. The van der Waals surface area contributed by atoms with Gasteiger partial charge in [0, 0.05) is 36.4 Å². The van der Waals surface area contributed by atoms with Crippen molar-refractivity contribution in [2.24, 2.45) is 5.16 Å². The minimum absolute atomic E-state index is 0.00130. The van der Waals surface area contributed by atoms with Gasteiger partial charge in [0.15, 0.2) is 6.10 Å². The van der Waals surface area contributed by atoms with Crippen molar-refractivity contribution in [2.75, 3.05) is 37.8 Å². The summed E-state index contributed by atoms with van der Waals surface area (Å²) in [7, 11) is 0. The molecule has 0 saturated heterocycles. The number of esters is 1. The predicted molar refractivity (Wildman–Crippen MR) is 158 cm³/mol. The SMILES string of the molecule is CCOC(=O)C(Cc1ccc(OCCN2CCC(C)(C)c3cc(/C(=N\O)c4ccccc4)ccc32)cc1)OCC. The monoisotopic (exact) mass is 544 g/mol. The Morgan fingerprint density at radius 1 is 1.00 bits per heavy atom. The molecule has 0 amide bonds. The van der Waals surface area contributed by atoms with Gasteiger partial charge in [-0.05, 0) is 61.1 Å². The highest BCUT2D eigenvalue weighted by atomic mass is 16.6. The Hall–Kier alpha value is -3.84. The molecule has 1 aliphatic rings. The number of rotatable bonds is 12. The number of hydrogen-bond donors (Lipinski definition) is 1.